The van der Waals surface area contributed by atoms with E-state index in [4.69, 9.17) is 4.74 Å². The number of rotatable bonds is 5. The number of benzene rings is 1. The Balaban J connectivity index is 1.29. The van der Waals surface area contributed by atoms with Crippen LogP contribution >= 0.6 is 0 Å². The Bertz CT molecular complexity index is 929. The van der Waals surface area contributed by atoms with Crippen molar-refractivity contribution in [3.05, 3.63) is 54.1 Å². The van der Waals surface area contributed by atoms with Crippen molar-refractivity contribution in [3.63, 3.8) is 0 Å². The molecule has 8 heteroatoms. The predicted molar refractivity (Wildman–Crippen MR) is 120 cm³/mol. The Kier molecular flexibility index (Phi) is 6.79. The van der Waals surface area contributed by atoms with E-state index in [0.29, 0.717) is 18.8 Å². The van der Waals surface area contributed by atoms with Crippen molar-refractivity contribution in [1.29, 1.82) is 0 Å². The Hall–Kier alpha value is -2.87. The molecule has 0 spiro atoms. The van der Waals surface area contributed by atoms with Crippen LogP contribution in [0.5, 0.6) is 0 Å². The lowest BCUT2D eigenvalue weighted by Gasteiger charge is -2.41. The maximum Gasteiger partial charge on any atom is 0.354 e. The van der Waals surface area contributed by atoms with Crippen molar-refractivity contribution < 1.29 is 18.7 Å². The van der Waals surface area contributed by atoms with E-state index in [1.807, 2.05) is 28.7 Å². The lowest BCUT2D eigenvalue weighted by Crippen LogP contribution is -2.55. The number of hydrogen-bond donors (Lipinski definition) is 0. The summed E-state index contributed by atoms with van der Waals surface area (Å²) in [6.45, 7) is 6.58. The minimum atomic E-state index is -0.332. The number of nitrogens with zero attached hydrogens (tertiary/aromatic N) is 4. The molecule has 0 N–H and O–H groups in total. The molecule has 1 unspecified atom stereocenters. The average molecular weight is 443 g/mol. The largest absolute Gasteiger partial charge is 0.464 e. The van der Waals surface area contributed by atoms with E-state index in [9.17, 15) is 14.0 Å². The Morgan fingerprint density at radius 3 is 2.28 bits per heavy atom. The average Bonchev–Trinajstić information content (AvgIpc) is 3.33. The smallest absolute Gasteiger partial charge is 0.354 e. The Morgan fingerprint density at radius 2 is 1.66 bits per heavy atom. The van der Waals surface area contributed by atoms with Crippen LogP contribution in [0.3, 0.4) is 0 Å². The van der Waals surface area contributed by atoms with E-state index < -0.39 is 0 Å². The molecule has 0 saturated carbocycles. The van der Waals surface area contributed by atoms with Gasteiger partial charge in [0.1, 0.15) is 11.5 Å². The number of anilines is 1. The van der Waals surface area contributed by atoms with Crippen LogP contribution in [0.2, 0.25) is 0 Å². The molecule has 0 aliphatic carbocycles. The van der Waals surface area contributed by atoms with Gasteiger partial charge in [-0.3, -0.25) is 9.69 Å². The van der Waals surface area contributed by atoms with E-state index >= 15 is 0 Å². The van der Waals surface area contributed by atoms with Gasteiger partial charge in [0, 0.05) is 57.2 Å². The molecule has 172 valence electrons. The minimum absolute atomic E-state index is 0.166. The molecule has 1 atom stereocenters. The molecule has 2 saturated heterocycles. The number of ether oxygens (including phenoxy) is 1. The number of esters is 1. The molecule has 1 amide bonds. The first-order chi connectivity index (χ1) is 15.5. The van der Waals surface area contributed by atoms with Gasteiger partial charge in [-0.25, -0.2) is 9.18 Å². The first-order valence-electron chi connectivity index (χ1n) is 11.3. The van der Waals surface area contributed by atoms with E-state index in [2.05, 4.69) is 9.80 Å². The lowest BCUT2D eigenvalue weighted by molar-refractivity contribution is -0.137. The topological polar surface area (TPSA) is 58.0 Å². The molecule has 0 bridgehead atoms. The van der Waals surface area contributed by atoms with Gasteiger partial charge >= 0.3 is 5.97 Å². The van der Waals surface area contributed by atoms with Crippen LogP contribution in [0.15, 0.2) is 42.6 Å². The molecule has 0 radical (unpaired) electrons. The Morgan fingerprint density at radius 1 is 1.00 bits per heavy atom. The summed E-state index contributed by atoms with van der Waals surface area (Å²) in [5, 5.41) is 0. The van der Waals surface area contributed by atoms with Gasteiger partial charge < -0.3 is 19.1 Å². The first-order valence-corrected chi connectivity index (χ1v) is 11.3. The van der Waals surface area contributed by atoms with Crippen molar-refractivity contribution in [2.75, 3.05) is 51.3 Å². The lowest BCUT2D eigenvalue weighted by atomic mass is 10.0. The van der Waals surface area contributed by atoms with Crippen LogP contribution in [0, 0.1) is 5.82 Å². The summed E-state index contributed by atoms with van der Waals surface area (Å²) in [4.78, 5) is 31.5. The molecule has 4 rings (SSSR count). The van der Waals surface area contributed by atoms with Crippen molar-refractivity contribution in [2.24, 2.45) is 0 Å². The summed E-state index contributed by atoms with van der Waals surface area (Å²) < 4.78 is 20.0. The third-order valence-electron chi connectivity index (χ3n) is 6.75. The van der Waals surface area contributed by atoms with Crippen LogP contribution in [-0.2, 0) is 9.53 Å². The second-order valence-electron chi connectivity index (χ2n) is 8.52. The minimum Gasteiger partial charge on any atom is -0.464 e. The van der Waals surface area contributed by atoms with E-state index in [1.165, 1.54) is 19.2 Å². The fourth-order valence-electron chi connectivity index (χ4n) is 4.79. The van der Waals surface area contributed by atoms with Crippen molar-refractivity contribution in [2.45, 2.75) is 31.8 Å². The second-order valence-corrected chi connectivity index (χ2v) is 8.52. The van der Waals surface area contributed by atoms with Crippen LogP contribution in [0.1, 0.15) is 36.3 Å². The quantitative estimate of drug-likeness (QED) is 0.667. The van der Waals surface area contributed by atoms with Crippen LogP contribution in [-0.4, -0.2) is 78.7 Å². The van der Waals surface area contributed by atoms with Gasteiger partial charge in [0.15, 0.2) is 0 Å². The number of piperidine rings is 1. The normalized spacial score (nSPS) is 19.1. The number of hydrogen-bond acceptors (Lipinski definition) is 5. The number of piperazine rings is 1. The zero-order chi connectivity index (χ0) is 22.7. The number of likely N-dealkylation sites (tertiary alicyclic amines) is 1. The monoisotopic (exact) mass is 442 g/mol. The van der Waals surface area contributed by atoms with Gasteiger partial charge in [0.05, 0.1) is 13.2 Å². The summed E-state index contributed by atoms with van der Waals surface area (Å²) in [6, 6.07) is 10.2. The number of amides is 1. The molecular weight excluding hydrogens is 411 g/mol. The fourth-order valence-corrected chi connectivity index (χ4v) is 4.79. The summed E-state index contributed by atoms with van der Waals surface area (Å²) in [5.74, 6) is -0.394. The molecule has 2 aliphatic heterocycles. The highest BCUT2D eigenvalue weighted by atomic mass is 19.1. The molecule has 32 heavy (non-hydrogen) atoms. The summed E-state index contributed by atoms with van der Waals surface area (Å²) in [5.41, 5.74) is 1.58. The molecule has 7 nitrogen and oxygen atoms in total. The summed E-state index contributed by atoms with van der Waals surface area (Å²) in [7, 11) is 1.39. The number of methoxy groups -OCH3 is 1. The SMILES string of the molecule is COC(=O)c1cccn1C1CCN(C(=O)C(C)N2CCN(c3ccc(F)cc3)CC2)CC1. The number of halogens is 1. The van der Waals surface area contributed by atoms with Crippen molar-refractivity contribution in [1.82, 2.24) is 14.4 Å². The number of carbonyl (C=O) groups is 2. The third-order valence-corrected chi connectivity index (χ3v) is 6.75. The van der Waals surface area contributed by atoms with Gasteiger partial charge in [0.2, 0.25) is 5.91 Å². The molecule has 2 aromatic rings. The van der Waals surface area contributed by atoms with Gasteiger partial charge in [0.25, 0.3) is 0 Å². The van der Waals surface area contributed by atoms with E-state index in [0.717, 1.165) is 44.7 Å². The summed E-state index contributed by atoms with van der Waals surface area (Å²) in [6.07, 6.45) is 3.54. The highest BCUT2D eigenvalue weighted by Crippen LogP contribution is 2.26. The molecule has 3 heterocycles. The van der Waals surface area contributed by atoms with Gasteiger partial charge in [-0.1, -0.05) is 0 Å². The second kappa shape index (κ2) is 9.73. The van der Waals surface area contributed by atoms with Crippen molar-refractivity contribution in [3.8, 4) is 0 Å². The molecule has 2 fully saturated rings. The zero-order valence-electron chi connectivity index (χ0n) is 18.7. The zero-order valence-corrected chi connectivity index (χ0v) is 18.7. The third kappa shape index (κ3) is 4.65. The maximum atomic E-state index is 13.2. The Labute approximate surface area is 188 Å². The number of carbonyl (C=O) groups excluding carboxylic acids is 2. The highest BCUT2D eigenvalue weighted by molar-refractivity contribution is 5.87. The van der Waals surface area contributed by atoms with E-state index in [-0.39, 0.29) is 29.8 Å². The van der Waals surface area contributed by atoms with Crippen LogP contribution < -0.4 is 4.90 Å². The van der Waals surface area contributed by atoms with Gasteiger partial charge in [-0.2, -0.15) is 0 Å². The predicted octanol–water partition coefficient (Wildman–Crippen LogP) is 2.79. The van der Waals surface area contributed by atoms with Crippen molar-refractivity contribution >= 4 is 17.6 Å². The van der Waals surface area contributed by atoms with E-state index in [1.54, 1.807) is 18.2 Å². The van der Waals surface area contributed by atoms with Gasteiger partial charge in [-0.05, 0) is 56.2 Å². The maximum absolute atomic E-state index is 13.2. The fraction of sp³-hybridized carbons (Fsp3) is 0.500. The molecule has 2 aliphatic rings. The van der Waals surface area contributed by atoms with Crippen LogP contribution in [0.25, 0.3) is 0 Å². The van der Waals surface area contributed by atoms with Gasteiger partial charge in [-0.15, -0.1) is 0 Å². The molecular formula is C24H31FN4O3. The first kappa shape index (κ1) is 22.3. The van der Waals surface area contributed by atoms with Crippen LogP contribution in [0.4, 0.5) is 10.1 Å². The molecule has 1 aromatic carbocycles. The molecule has 1 aromatic heterocycles. The standard InChI is InChI=1S/C24H31FN4O3/c1-18(26-14-16-27(17-15-26)20-7-5-19(25)6-8-20)23(30)28-12-9-21(10-13-28)29-11-3-4-22(29)24(31)32-2/h3-8,11,18,21H,9-10,12-17H2,1-2H3. The summed E-state index contributed by atoms with van der Waals surface area (Å²) >= 11 is 0. The number of aromatic nitrogens is 1. The highest BCUT2D eigenvalue weighted by Gasteiger charge is 2.32.